The molecule has 1 N–H and O–H groups in total. The van der Waals surface area contributed by atoms with Crippen LogP contribution in [0.15, 0.2) is 12.7 Å². The maximum absolute atomic E-state index is 9.17. The van der Waals surface area contributed by atoms with Gasteiger partial charge in [-0.2, -0.15) is 0 Å². The molecule has 10 heavy (non-hydrogen) atoms. The lowest BCUT2D eigenvalue weighted by atomic mass is 9.85. The number of hydrogen-bond acceptors (Lipinski definition) is 1. The highest BCUT2D eigenvalue weighted by atomic mass is 16.3. The maximum Gasteiger partial charge on any atom is 0.0540 e. The molecule has 1 rings (SSSR count). The highest BCUT2D eigenvalue weighted by molar-refractivity contribution is 4.78. The van der Waals surface area contributed by atoms with Crippen molar-refractivity contribution in [2.24, 2.45) is 5.92 Å². The summed E-state index contributed by atoms with van der Waals surface area (Å²) in [7, 11) is 0. The second kappa shape index (κ2) is 3.77. The molecular weight excluding hydrogens is 124 g/mol. The van der Waals surface area contributed by atoms with E-state index < -0.39 is 0 Å². The number of aliphatic hydroxyl groups excluding tert-OH is 1. The van der Waals surface area contributed by atoms with Crippen molar-refractivity contribution in [3.63, 3.8) is 0 Å². The standard InChI is InChI=1S/C9H16O/c1-2-3-8-4-6-9(10)7-5-8/h2,8-10H,1,3-7H2. The summed E-state index contributed by atoms with van der Waals surface area (Å²) >= 11 is 0. The molecule has 0 radical (unpaired) electrons. The normalized spacial score (nSPS) is 33.7. The molecule has 1 nitrogen and oxygen atoms in total. The first-order chi connectivity index (χ1) is 4.83. The van der Waals surface area contributed by atoms with E-state index in [2.05, 4.69) is 6.58 Å². The van der Waals surface area contributed by atoms with E-state index >= 15 is 0 Å². The first kappa shape index (κ1) is 7.80. The van der Waals surface area contributed by atoms with E-state index in [1.165, 1.54) is 12.8 Å². The number of allylic oxidation sites excluding steroid dienone is 1. The summed E-state index contributed by atoms with van der Waals surface area (Å²) in [6, 6.07) is 0. The molecule has 0 aromatic carbocycles. The Kier molecular flexibility index (Phi) is 2.94. The monoisotopic (exact) mass is 140 g/mol. The minimum Gasteiger partial charge on any atom is -0.393 e. The van der Waals surface area contributed by atoms with Gasteiger partial charge in [0.25, 0.3) is 0 Å². The largest absolute Gasteiger partial charge is 0.393 e. The first-order valence-electron chi connectivity index (χ1n) is 4.12. The van der Waals surface area contributed by atoms with Crippen LogP contribution in [-0.2, 0) is 0 Å². The van der Waals surface area contributed by atoms with Gasteiger partial charge in [-0.25, -0.2) is 0 Å². The van der Waals surface area contributed by atoms with Crippen LogP contribution in [0.1, 0.15) is 32.1 Å². The molecule has 0 amide bonds. The van der Waals surface area contributed by atoms with Gasteiger partial charge in [0.1, 0.15) is 0 Å². The zero-order chi connectivity index (χ0) is 7.40. The highest BCUT2D eigenvalue weighted by Gasteiger charge is 2.17. The van der Waals surface area contributed by atoms with Crippen LogP contribution in [-0.4, -0.2) is 11.2 Å². The van der Waals surface area contributed by atoms with Gasteiger partial charge in [-0.3, -0.25) is 0 Å². The number of rotatable bonds is 2. The lowest BCUT2D eigenvalue weighted by Gasteiger charge is -2.23. The molecule has 0 aromatic heterocycles. The Morgan fingerprint density at radius 3 is 2.40 bits per heavy atom. The van der Waals surface area contributed by atoms with Crippen molar-refractivity contribution in [3.05, 3.63) is 12.7 Å². The zero-order valence-electron chi connectivity index (χ0n) is 6.42. The van der Waals surface area contributed by atoms with Crippen LogP contribution >= 0.6 is 0 Å². The highest BCUT2D eigenvalue weighted by Crippen LogP contribution is 2.26. The van der Waals surface area contributed by atoms with E-state index in [4.69, 9.17) is 5.11 Å². The second-order valence-corrected chi connectivity index (χ2v) is 3.20. The number of hydrogen-bond donors (Lipinski definition) is 1. The maximum atomic E-state index is 9.17. The van der Waals surface area contributed by atoms with Crippen molar-refractivity contribution in [1.29, 1.82) is 0 Å². The predicted molar refractivity (Wildman–Crippen MR) is 42.8 cm³/mol. The van der Waals surface area contributed by atoms with Gasteiger partial charge in [-0.1, -0.05) is 6.08 Å². The summed E-state index contributed by atoms with van der Waals surface area (Å²) < 4.78 is 0. The van der Waals surface area contributed by atoms with E-state index in [0.717, 1.165) is 25.2 Å². The molecule has 1 aliphatic rings. The van der Waals surface area contributed by atoms with Gasteiger partial charge < -0.3 is 5.11 Å². The summed E-state index contributed by atoms with van der Waals surface area (Å²) in [4.78, 5) is 0. The van der Waals surface area contributed by atoms with Gasteiger partial charge in [-0.15, -0.1) is 6.58 Å². The third kappa shape index (κ3) is 2.14. The molecule has 0 aromatic rings. The molecule has 0 saturated heterocycles. The molecule has 1 saturated carbocycles. The van der Waals surface area contributed by atoms with E-state index in [0.29, 0.717) is 0 Å². The number of aliphatic hydroxyl groups is 1. The Balaban J connectivity index is 2.19. The third-order valence-electron chi connectivity index (χ3n) is 2.32. The van der Waals surface area contributed by atoms with Crippen molar-refractivity contribution in [3.8, 4) is 0 Å². The molecule has 0 unspecified atom stereocenters. The zero-order valence-corrected chi connectivity index (χ0v) is 6.42. The quantitative estimate of drug-likeness (QED) is 0.582. The van der Waals surface area contributed by atoms with Crippen LogP contribution in [0, 0.1) is 5.92 Å². The third-order valence-corrected chi connectivity index (χ3v) is 2.32. The van der Waals surface area contributed by atoms with Gasteiger partial charge in [0, 0.05) is 0 Å². The van der Waals surface area contributed by atoms with E-state index in [1.807, 2.05) is 6.08 Å². The summed E-state index contributed by atoms with van der Waals surface area (Å²) in [5, 5.41) is 9.17. The topological polar surface area (TPSA) is 20.2 Å². The summed E-state index contributed by atoms with van der Waals surface area (Å²) in [6.45, 7) is 3.71. The van der Waals surface area contributed by atoms with Crippen LogP contribution in [0.5, 0.6) is 0 Å². The van der Waals surface area contributed by atoms with Crippen LogP contribution in [0.2, 0.25) is 0 Å². The summed E-state index contributed by atoms with van der Waals surface area (Å²) in [6.07, 6.45) is 7.48. The van der Waals surface area contributed by atoms with E-state index in [1.54, 1.807) is 0 Å². The van der Waals surface area contributed by atoms with Crippen molar-refractivity contribution in [2.75, 3.05) is 0 Å². The summed E-state index contributed by atoms with van der Waals surface area (Å²) in [5.41, 5.74) is 0. The van der Waals surface area contributed by atoms with Crippen molar-refractivity contribution in [2.45, 2.75) is 38.2 Å². The minimum absolute atomic E-state index is 0.0129. The molecule has 1 heteroatoms. The summed E-state index contributed by atoms with van der Waals surface area (Å²) in [5.74, 6) is 0.806. The van der Waals surface area contributed by atoms with Crippen molar-refractivity contribution in [1.82, 2.24) is 0 Å². The van der Waals surface area contributed by atoms with E-state index in [9.17, 15) is 0 Å². The van der Waals surface area contributed by atoms with Gasteiger partial charge in [0.05, 0.1) is 6.10 Å². The van der Waals surface area contributed by atoms with Crippen LogP contribution in [0.25, 0.3) is 0 Å². The molecule has 1 fully saturated rings. The van der Waals surface area contributed by atoms with Gasteiger partial charge in [0.2, 0.25) is 0 Å². The first-order valence-corrected chi connectivity index (χ1v) is 4.12. The molecule has 0 atom stereocenters. The minimum atomic E-state index is -0.0129. The fourth-order valence-electron chi connectivity index (χ4n) is 1.62. The van der Waals surface area contributed by atoms with Crippen LogP contribution in [0.3, 0.4) is 0 Å². The Bertz CT molecular complexity index is 101. The molecule has 0 aliphatic heterocycles. The Hall–Kier alpha value is -0.300. The van der Waals surface area contributed by atoms with Crippen molar-refractivity contribution < 1.29 is 5.11 Å². The SMILES string of the molecule is C=CCC1CCC(O)CC1. The molecule has 1 aliphatic carbocycles. The average molecular weight is 140 g/mol. The van der Waals surface area contributed by atoms with Gasteiger partial charge in [0.15, 0.2) is 0 Å². The van der Waals surface area contributed by atoms with E-state index in [-0.39, 0.29) is 6.10 Å². The van der Waals surface area contributed by atoms with Crippen LogP contribution < -0.4 is 0 Å². The van der Waals surface area contributed by atoms with Gasteiger partial charge in [-0.05, 0) is 38.0 Å². The molecular formula is C9H16O. The predicted octanol–water partition coefficient (Wildman–Crippen LogP) is 2.11. The fraction of sp³-hybridized carbons (Fsp3) is 0.778. The van der Waals surface area contributed by atoms with Crippen molar-refractivity contribution >= 4 is 0 Å². The molecule has 0 spiro atoms. The Morgan fingerprint density at radius 2 is 1.90 bits per heavy atom. The Labute approximate surface area is 62.8 Å². The van der Waals surface area contributed by atoms with Gasteiger partial charge >= 0.3 is 0 Å². The van der Waals surface area contributed by atoms with Crippen LogP contribution in [0.4, 0.5) is 0 Å². The molecule has 58 valence electrons. The lowest BCUT2D eigenvalue weighted by Crippen LogP contribution is -2.17. The fourth-order valence-corrected chi connectivity index (χ4v) is 1.62. The molecule has 0 bridgehead atoms. The molecule has 0 heterocycles. The second-order valence-electron chi connectivity index (χ2n) is 3.20. The lowest BCUT2D eigenvalue weighted by molar-refractivity contribution is 0.109. The smallest absolute Gasteiger partial charge is 0.0540 e. The average Bonchev–Trinajstić information content (AvgIpc) is 1.95. The Morgan fingerprint density at radius 1 is 1.30 bits per heavy atom.